The van der Waals surface area contributed by atoms with Gasteiger partial charge in [-0.2, -0.15) is 0 Å². The molecule has 0 spiro atoms. The summed E-state index contributed by atoms with van der Waals surface area (Å²) in [6.45, 7) is 0. The zero-order valence-corrected chi connectivity index (χ0v) is 7.77. The van der Waals surface area contributed by atoms with Crippen LogP contribution in [0.2, 0.25) is 5.28 Å². The molecule has 1 aliphatic carbocycles. The van der Waals surface area contributed by atoms with Crippen molar-refractivity contribution in [2.75, 3.05) is 0 Å². The molecule has 0 aromatic carbocycles. The van der Waals surface area contributed by atoms with Crippen molar-refractivity contribution in [3.63, 3.8) is 0 Å². The first kappa shape index (κ1) is 8.11. The smallest absolute Gasteiger partial charge is 0.200 e. The molecule has 1 aliphatic rings. The van der Waals surface area contributed by atoms with Gasteiger partial charge in [0.15, 0.2) is 5.28 Å². The number of nitrogens with zero attached hydrogens (tertiary/aromatic N) is 1. The highest BCUT2D eigenvalue weighted by Gasteiger charge is 2.16. The zero-order chi connectivity index (χ0) is 8.39. The summed E-state index contributed by atoms with van der Waals surface area (Å²) in [6, 6.07) is 0. The van der Waals surface area contributed by atoms with Crippen LogP contribution in [-0.4, -0.2) is 9.97 Å². The average molecular weight is 185 g/mol. The number of hydrogen-bond acceptors (Lipinski definition) is 1. The van der Waals surface area contributed by atoms with E-state index in [-0.39, 0.29) is 0 Å². The van der Waals surface area contributed by atoms with Gasteiger partial charge in [-0.05, 0) is 24.4 Å². The van der Waals surface area contributed by atoms with Gasteiger partial charge in [-0.15, -0.1) is 0 Å². The molecule has 1 N–H and O–H groups in total. The van der Waals surface area contributed by atoms with Crippen molar-refractivity contribution in [2.24, 2.45) is 0 Å². The highest BCUT2D eigenvalue weighted by Crippen LogP contribution is 2.31. The van der Waals surface area contributed by atoms with Crippen molar-refractivity contribution in [1.82, 2.24) is 9.97 Å². The molecule has 2 nitrogen and oxygen atoms in total. The van der Waals surface area contributed by atoms with Crippen LogP contribution in [0.1, 0.15) is 43.7 Å². The lowest BCUT2D eigenvalue weighted by molar-refractivity contribution is 0.438. The lowest BCUT2D eigenvalue weighted by Crippen LogP contribution is -2.04. The first-order chi connectivity index (χ1) is 5.86. The predicted molar refractivity (Wildman–Crippen MR) is 49.4 cm³/mol. The lowest BCUT2D eigenvalue weighted by atomic mass is 9.87. The van der Waals surface area contributed by atoms with Crippen LogP contribution in [0.25, 0.3) is 0 Å². The summed E-state index contributed by atoms with van der Waals surface area (Å²) in [6.07, 6.45) is 8.54. The molecule has 1 aromatic heterocycles. The minimum Gasteiger partial charge on any atom is -0.332 e. The van der Waals surface area contributed by atoms with Crippen LogP contribution < -0.4 is 0 Å². The molecule has 0 saturated heterocycles. The van der Waals surface area contributed by atoms with Crippen molar-refractivity contribution >= 4 is 11.6 Å². The number of aromatic amines is 1. The van der Waals surface area contributed by atoms with E-state index in [0.717, 1.165) is 0 Å². The van der Waals surface area contributed by atoms with E-state index in [1.54, 1.807) is 0 Å². The van der Waals surface area contributed by atoms with Crippen LogP contribution in [0.3, 0.4) is 0 Å². The first-order valence-corrected chi connectivity index (χ1v) is 4.94. The number of aromatic nitrogens is 2. The fraction of sp³-hybridized carbons (Fsp3) is 0.667. The lowest BCUT2D eigenvalue weighted by Gasteiger charge is -2.19. The third kappa shape index (κ3) is 1.63. The summed E-state index contributed by atoms with van der Waals surface area (Å²) in [5.41, 5.74) is 1.22. The number of hydrogen-bond donors (Lipinski definition) is 1. The minimum absolute atomic E-state index is 0.524. The van der Waals surface area contributed by atoms with Crippen molar-refractivity contribution in [3.05, 3.63) is 17.2 Å². The van der Waals surface area contributed by atoms with E-state index in [1.165, 1.54) is 37.8 Å². The predicted octanol–water partition coefficient (Wildman–Crippen LogP) is 3.11. The van der Waals surface area contributed by atoms with Gasteiger partial charge in [-0.25, -0.2) is 4.98 Å². The molecule has 0 radical (unpaired) electrons. The molecule has 3 heteroatoms. The summed E-state index contributed by atoms with van der Waals surface area (Å²) < 4.78 is 0. The van der Waals surface area contributed by atoms with Crippen molar-refractivity contribution in [1.29, 1.82) is 0 Å². The van der Waals surface area contributed by atoms with Crippen LogP contribution in [0.4, 0.5) is 0 Å². The number of H-pyrrole nitrogens is 1. The Morgan fingerprint density at radius 3 is 2.67 bits per heavy atom. The Bertz CT molecular complexity index is 251. The van der Waals surface area contributed by atoms with E-state index in [9.17, 15) is 0 Å². The molecule has 2 rings (SSSR count). The molecule has 0 bridgehead atoms. The Balaban J connectivity index is 2.08. The normalized spacial score (nSPS) is 19.8. The fourth-order valence-corrected chi connectivity index (χ4v) is 2.09. The van der Waals surface area contributed by atoms with E-state index in [4.69, 9.17) is 11.6 Å². The van der Waals surface area contributed by atoms with Crippen LogP contribution in [0, 0.1) is 0 Å². The van der Waals surface area contributed by atoms with Gasteiger partial charge in [0, 0.05) is 17.8 Å². The molecule has 1 fully saturated rings. The molecular weight excluding hydrogens is 172 g/mol. The van der Waals surface area contributed by atoms with Gasteiger partial charge in [-0.3, -0.25) is 0 Å². The molecule has 0 unspecified atom stereocenters. The van der Waals surface area contributed by atoms with Crippen LogP contribution in [-0.2, 0) is 0 Å². The summed E-state index contributed by atoms with van der Waals surface area (Å²) >= 11 is 5.71. The molecule has 1 saturated carbocycles. The van der Waals surface area contributed by atoms with E-state index >= 15 is 0 Å². The minimum atomic E-state index is 0.524. The van der Waals surface area contributed by atoms with Gasteiger partial charge >= 0.3 is 0 Å². The Morgan fingerprint density at radius 2 is 2.08 bits per heavy atom. The van der Waals surface area contributed by atoms with E-state index in [0.29, 0.717) is 11.2 Å². The molecule has 0 amide bonds. The molecule has 66 valence electrons. The van der Waals surface area contributed by atoms with Gasteiger partial charge in [0.1, 0.15) is 0 Å². The van der Waals surface area contributed by atoms with Gasteiger partial charge in [-0.1, -0.05) is 19.3 Å². The average Bonchev–Trinajstić information content (AvgIpc) is 2.54. The molecule has 0 atom stereocenters. The van der Waals surface area contributed by atoms with Crippen LogP contribution >= 0.6 is 11.6 Å². The molecule has 0 aliphatic heterocycles. The third-order valence-corrected chi connectivity index (χ3v) is 2.80. The molecule has 1 heterocycles. The topological polar surface area (TPSA) is 28.7 Å². The summed E-state index contributed by atoms with van der Waals surface area (Å²) in [5, 5.41) is 0.524. The Kier molecular flexibility index (Phi) is 2.35. The zero-order valence-electron chi connectivity index (χ0n) is 7.02. The van der Waals surface area contributed by atoms with Gasteiger partial charge in [0.05, 0.1) is 0 Å². The summed E-state index contributed by atoms with van der Waals surface area (Å²) in [7, 11) is 0. The number of rotatable bonds is 1. The molecule has 1 aromatic rings. The number of imidazole rings is 1. The Labute approximate surface area is 77.3 Å². The van der Waals surface area contributed by atoms with E-state index < -0.39 is 0 Å². The molecule has 12 heavy (non-hydrogen) atoms. The third-order valence-electron chi connectivity index (χ3n) is 2.61. The Hall–Kier alpha value is -0.500. The van der Waals surface area contributed by atoms with Gasteiger partial charge in [0.2, 0.25) is 0 Å². The quantitative estimate of drug-likeness (QED) is 0.714. The van der Waals surface area contributed by atoms with Gasteiger partial charge < -0.3 is 4.98 Å². The second kappa shape index (κ2) is 3.48. The first-order valence-electron chi connectivity index (χ1n) is 4.56. The Morgan fingerprint density at radius 1 is 1.33 bits per heavy atom. The maximum Gasteiger partial charge on any atom is 0.200 e. The van der Waals surface area contributed by atoms with Crippen molar-refractivity contribution in [3.8, 4) is 0 Å². The largest absolute Gasteiger partial charge is 0.332 e. The van der Waals surface area contributed by atoms with Crippen molar-refractivity contribution in [2.45, 2.75) is 38.0 Å². The van der Waals surface area contributed by atoms with E-state index in [2.05, 4.69) is 9.97 Å². The standard InChI is InChI=1S/C9H13ClN2/c10-9-11-6-8(12-9)7-4-2-1-3-5-7/h6-7H,1-5H2,(H,11,12). The van der Waals surface area contributed by atoms with Gasteiger partial charge in [0.25, 0.3) is 0 Å². The number of halogens is 1. The second-order valence-corrected chi connectivity index (χ2v) is 3.82. The second-order valence-electron chi connectivity index (χ2n) is 3.46. The summed E-state index contributed by atoms with van der Waals surface area (Å²) in [5.74, 6) is 0.679. The monoisotopic (exact) mass is 184 g/mol. The molecular formula is C9H13ClN2. The van der Waals surface area contributed by atoms with E-state index in [1.807, 2.05) is 6.20 Å². The SMILES string of the molecule is Clc1ncc(C2CCCCC2)[nH]1. The maximum atomic E-state index is 5.71. The van der Waals surface area contributed by atoms with Crippen LogP contribution in [0.15, 0.2) is 6.20 Å². The van der Waals surface area contributed by atoms with Crippen molar-refractivity contribution < 1.29 is 0 Å². The highest BCUT2D eigenvalue weighted by atomic mass is 35.5. The fourth-order valence-electron chi connectivity index (χ4n) is 1.93. The highest BCUT2D eigenvalue weighted by molar-refractivity contribution is 6.28. The number of nitrogens with one attached hydrogen (secondary N) is 1. The maximum absolute atomic E-state index is 5.71. The van der Waals surface area contributed by atoms with Crippen LogP contribution in [0.5, 0.6) is 0 Å². The summed E-state index contributed by atoms with van der Waals surface area (Å²) in [4.78, 5) is 7.10.